The van der Waals surface area contributed by atoms with E-state index in [1.54, 1.807) is 0 Å². The average Bonchev–Trinajstić information content (AvgIpc) is 2.34. The van der Waals surface area contributed by atoms with Gasteiger partial charge >= 0.3 is 0 Å². The molecule has 3 N–H and O–H groups in total. The quantitative estimate of drug-likeness (QED) is 0.569. The first-order chi connectivity index (χ1) is 6.69. The number of aliphatic hydroxyl groups is 1. The highest BCUT2D eigenvalue weighted by Gasteiger charge is 2.66. The monoisotopic (exact) mass is 345 g/mol. The number of hydrogen-bond acceptors (Lipinski definition) is 3. The molecule has 0 amide bonds. The highest BCUT2D eigenvalue weighted by atomic mass is 127. The number of sulfonamides is 1. The maximum absolute atomic E-state index is 11.3. The summed E-state index contributed by atoms with van der Waals surface area (Å²) >= 11 is 2.31. The first kappa shape index (κ1) is 12.1. The molecule has 4 atom stereocenters. The molecule has 2 fully saturated rings. The van der Waals surface area contributed by atoms with Gasteiger partial charge in [-0.25, -0.2) is 13.6 Å². The topological polar surface area (TPSA) is 80.4 Å². The van der Waals surface area contributed by atoms with E-state index in [0.717, 1.165) is 19.3 Å². The molecule has 0 aromatic heterocycles. The van der Waals surface area contributed by atoms with Crippen molar-refractivity contribution in [2.45, 2.75) is 35.7 Å². The molecule has 0 heterocycles. The normalized spacial score (nSPS) is 49.9. The van der Waals surface area contributed by atoms with Crippen LogP contribution in [0.25, 0.3) is 0 Å². The van der Waals surface area contributed by atoms with Gasteiger partial charge in [-0.1, -0.05) is 22.6 Å². The Balaban J connectivity index is 2.40. The second kappa shape index (κ2) is 3.30. The van der Waals surface area contributed by atoms with Gasteiger partial charge in [-0.2, -0.15) is 0 Å². The van der Waals surface area contributed by atoms with Crippen molar-refractivity contribution < 1.29 is 13.5 Å². The second-order valence-electron chi connectivity index (χ2n) is 5.03. The van der Waals surface area contributed by atoms with Crippen molar-refractivity contribution in [1.29, 1.82) is 0 Å². The zero-order chi connectivity index (χ0) is 11.5. The Bertz CT molecular complexity index is 381. The Hall–Kier alpha value is 0.600. The van der Waals surface area contributed by atoms with E-state index in [1.807, 2.05) is 6.92 Å². The molecule has 1 unspecified atom stereocenters. The van der Waals surface area contributed by atoms with Crippen molar-refractivity contribution in [2.75, 3.05) is 5.75 Å². The number of aliphatic hydroxyl groups excluding tert-OH is 1. The molecule has 2 aliphatic rings. The number of primary sulfonamides is 1. The van der Waals surface area contributed by atoms with Crippen molar-refractivity contribution in [3.05, 3.63) is 0 Å². The van der Waals surface area contributed by atoms with E-state index in [4.69, 9.17) is 5.14 Å². The predicted molar refractivity (Wildman–Crippen MR) is 66.2 cm³/mol. The smallest absolute Gasteiger partial charge is 0.209 e. The van der Waals surface area contributed by atoms with Crippen LogP contribution in [0.2, 0.25) is 0 Å². The number of alkyl halides is 1. The van der Waals surface area contributed by atoms with Crippen LogP contribution in [0.4, 0.5) is 0 Å². The Labute approximate surface area is 104 Å². The SMILES string of the molecule is CC1(I)[C@H]2CC[C@]1(CS(N)(=O)=O)[C@H](O)C2. The molecule has 0 aromatic rings. The van der Waals surface area contributed by atoms with Crippen molar-refractivity contribution in [2.24, 2.45) is 16.5 Å². The molecular formula is C9H16INO3S. The van der Waals surface area contributed by atoms with Gasteiger partial charge in [0.2, 0.25) is 10.0 Å². The predicted octanol–water partition coefficient (Wildman–Crippen LogP) is 0.630. The van der Waals surface area contributed by atoms with E-state index in [1.165, 1.54) is 0 Å². The summed E-state index contributed by atoms with van der Waals surface area (Å²) in [5.41, 5.74) is -0.522. The van der Waals surface area contributed by atoms with E-state index in [0.29, 0.717) is 5.92 Å². The first-order valence-corrected chi connectivity index (χ1v) is 7.86. The molecule has 0 aromatic carbocycles. The van der Waals surface area contributed by atoms with Crippen LogP contribution >= 0.6 is 22.6 Å². The number of fused-ring (bicyclic) bond motifs is 2. The van der Waals surface area contributed by atoms with Crippen LogP contribution in [0.15, 0.2) is 0 Å². The molecule has 2 rings (SSSR count). The Kier molecular flexibility index (Phi) is 2.66. The molecule has 0 saturated heterocycles. The molecule has 0 aliphatic heterocycles. The van der Waals surface area contributed by atoms with Crippen LogP contribution in [0.1, 0.15) is 26.2 Å². The third kappa shape index (κ3) is 1.64. The van der Waals surface area contributed by atoms with E-state index in [2.05, 4.69) is 22.6 Å². The second-order valence-corrected chi connectivity index (χ2v) is 8.88. The van der Waals surface area contributed by atoms with Crippen LogP contribution in [0.5, 0.6) is 0 Å². The number of hydrogen-bond donors (Lipinski definition) is 2. The van der Waals surface area contributed by atoms with E-state index < -0.39 is 21.5 Å². The van der Waals surface area contributed by atoms with Gasteiger partial charge in [0.25, 0.3) is 0 Å². The van der Waals surface area contributed by atoms with Crippen molar-refractivity contribution in [1.82, 2.24) is 0 Å². The highest BCUT2D eigenvalue weighted by Crippen LogP contribution is 2.65. The standard InChI is InChI=1S/C9H16INO3S/c1-8(10)6-2-3-9(8,7(12)4-6)5-15(11,13)14/h6-7,12H,2-5H2,1H3,(H2,11,13,14)/t6-,7+,8?,9-/m0/s1. The lowest BCUT2D eigenvalue weighted by Crippen LogP contribution is -2.47. The molecular weight excluding hydrogens is 329 g/mol. The first-order valence-electron chi connectivity index (χ1n) is 5.06. The molecule has 4 nitrogen and oxygen atoms in total. The van der Waals surface area contributed by atoms with Crippen LogP contribution in [-0.4, -0.2) is 28.8 Å². The van der Waals surface area contributed by atoms with Gasteiger partial charge in [-0.05, 0) is 32.1 Å². The Morgan fingerprint density at radius 2 is 2.20 bits per heavy atom. The molecule has 0 spiro atoms. The highest BCUT2D eigenvalue weighted by molar-refractivity contribution is 14.1. The molecule has 88 valence electrons. The average molecular weight is 345 g/mol. The van der Waals surface area contributed by atoms with E-state index >= 15 is 0 Å². The van der Waals surface area contributed by atoms with Gasteiger partial charge in [-0.15, -0.1) is 0 Å². The summed E-state index contributed by atoms with van der Waals surface area (Å²) < 4.78 is 22.4. The lowest BCUT2D eigenvalue weighted by molar-refractivity contribution is 0.0498. The molecule has 2 bridgehead atoms. The third-order valence-corrected chi connectivity index (χ3v) is 7.16. The lowest BCUT2D eigenvalue weighted by atomic mass is 9.79. The molecule has 2 saturated carbocycles. The van der Waals surface area contributed by atoms with Crippen molar-refractivity contribution in [3.8, 4) is 0 Å². The minimum Gasteiger partial charge on any atom is -0.392 e. The molecule has 6 heteroatoms. The number of halogens is 1. The van der Waals surface area contributed by atoms with Crippen LogP contribution in [0.3, 0.4) is 0 Å². The zero-order valence-corrected chi connectivity index (χ0v) is 11.6. The van der Waals surface area contributed by atoms with Crippen LogP contribution in [0, 0.1) is 11.3 Å². The van der Waals surface area contributed by atoms with Crippen LogP contribution in [-0.2, 0) is 10.0 Å². The van der Waals surface area contributed by atoms with Gasteiger partial charge in [0.05, 0.1) is 11.9 Å². The fourth-order valence-corrected chi connectivity index (χ4v) is 6.35. The summed E-state index contributed by atoms with van der Waals surface area (Å²) in [5, 5.41) is 15.2. The fraction of sp³-hybridized carbons (Fsp3) is 1.00. The van der Waals surface area contributed by atoms with Crippen molar-refractivity contribution in [3.63, 3.8) is 0 Å². The molecule has 15 heavy (non-hydrogen) atoms. The van der Waals surface area contributed by atoms with Gasteiger partial charge in [0.15, 0.2) is 0 Å². The molecule has 0 radical (unpaired) electrons. The summed E-state index contributed by atoms with van der Waals surface area (Å²) in [6.45, 7) is 2.05. The fourth-order valence-electron chi connectivity index (χ4n) is 3.35. The third-order valence-electron chi connectivity index (χ3n) is 4.28. The van der Waals surface area contributed by atoms with Crippen LogP contribution < -0.4 is 5.14 Å². The summed E-state index contributed by atoms with van der Waals surface area (Å²) in [6, 6.07) is 0. The van der Waals surface area contributed by atoms with Gasteiger partial charge in [0.1, 0.15) is 0 Å². The largest absolute Gasteiger partial charge is 0.392 e. The maximum atomic E-state index is 11.3. The maximum Gasteiger partial charge on any atom is 0.209 e. The Morgan fingerprint density at radius 3 is 2.53 bits per heavy atom. The summed E-state index contributed by atoms with van der Waals surface area (Å²) in [7, 11) is -3.52. The zero-order valence-electron chi connectivity index (χ0n) is 8.61. The summed E-state index contributed by atoms with van der Waals surface area (Å²) in [4.78, 5) is 0. The minimum atomic E-state index is -3.52. The van der Waals surface area contributed by atoms with E-state index in [9.17, 15) is 13.5 Å². The number of rotatable bonds is 2. The van der Waals surface area contributed by atoms with Crippen molar-refractivity contribution >= 4 is 32.6 Å². The minimum absolute atomic E-state index is 0.0862. The lowest BCUT2D eigenvalue weighted by Gasteiger charge is -2.38. The van der Waals surface area contributed by atoms with Gasteiger partial charge < -0.3 is 5.11 Å². The van der Waals surface area contributed by atoms with Gasteiger partial charge in [0, 0.05) is 8.84 Å². The Morgan fingerprint density at radius 1 is 1.60 bits per heavy atom. The van der Waals surface area contributed by atoms with E-state index in [-0.39, 0.29) is 9.17 Å². The molecule has 2 aliphatic carbocycles. The summed E-state index contributed by atoms with van der Waals surface area (Å²) in [5.74, 6) is 0.340. The number of nitrogens with two attached hydrogens (primary N) is 1. The summed E-state index contributed by atoms with van der Waals surface area (Å²) in [6.07, 6.45) is 1.98. The van der Waals surface area contributed by atoms with Gasteiger partial charge in [-0.3, -0.25) is 0 Å².